The van der Waals surface area contributed by atoms with Gasteiger partial charge >= 0.3 is 0 Å². The molecule has 4 heteroatoms. The normalized spacial score (nSPS) is 14.9. The lowest BCUT2D eigenvalue weighted by molar-refractivity contribution is 0.179. The lowest BCUT2D eigenvalue weighted by atomic mass is 9.91. The van der Waals surface area contributed by atoms with Crippen LogP contribution in [0.2, 0.25) is 0 Å². The molecular formula is C18H42N2O2. The van der Waals surface area contributed by atoms with Crippen LogP contribution in [0.1, 0.15) is 91.4 Å². The highest BCUT2D eigenvalue weighted by atomic mass is 16.3. The maximum atomic E-state index is 9.06. The molecule has 0 aliphatic heterocycles. The van der Waals surface area contributed by atoms with E-state index in [4.69, 9.17) is 21.7 Å². The molecule has 4 nitrogen and oxygen atoms in total. The zero-order chi connectivity index (χ0) is 17.3. The molecule has 22 heavy (non-hydrogen) atoms. The van der Waals surface area contributed by atoms with E-state index in [0.29, 0.717) is 0 Å². The van der Waals surface area contributed by atoms with Crippen LogP contribution in [0, 0.1) is 0 Å². The van der Waals surface area contributed by atoms with E-state index < -0.39 is 0 Å². The van der Waals surface area contributed by atoms with Gasteiger partial charge in [-0.1, -0.05) is 72.1 Å². The second kappa shape index (κ2) is 17.2. The van der Waals surface area contributed by atoms with Crippen LogP contribution in [0.15, 0.2) is 0 Å². The number of unbranched alkanes of at least 4 members (excludes halogenated alkanes) is 6. The summed E-state index contributed by atoms with van der Waals surface area (Å²) in [6.45, 7) is 6.67. The van der Waals surface area contributed by atoms with Crippen molar-refractivity contribution in [3.8, 4) is 0 Å². The Morgan fingerprint density at radius 3 is 1.86 bits per heavy atom. The minimum Gasteiger partial charge on any atom is -0.395 e. The van der Waals surface area contributed by atoms with Crippen molar-refractivity contribution >= 4 is 0 Å². The fourth-order valence-electron chi connectivity index (χ4n) is 2.20. The van der Waals surface area contributed by atoms with Crippen LogP contribution in [-0.2, 0) is 0 Å². The summed E-state index contributed by atoms with van der Waals surface area (Å²) in [6, 6.07) is 0.0107. The van der Waals surface area contributed by atoms with Crippen LogP contribution in [0.3, 0.4) is 0 Å². The molecule has 0 aliphatic carbocycles. The molecule has 0 fully saturated rings. The van der Waals surface area contributed by atoms with Gasteiger partial charge in [-0.3, -0.25) is 0 Å². The standard InChI is InChI=1S/C11H25NO.C7H17NO/c1-3-5-6-7-8-9-11(12,4-2)10-13;1-2-3-4-5-7(8)6-9/h13H,3-10,12H2,1-2H3;7,9H,2-6,8H2,1H3. The molecule has 0 rings (SSSR count). The Morgan fingerprint density at radius 1 is 0.864 bits per heavy atom. The highest BCUT2D eigenvalue weighted by Crippen LogP contribution is 2.16. The van der Waals surface area contributed by atoms with Crippen LogP contribution in [-0.4, -0.2) is 35.0 Å². The van der Waals surface area contributed by atoms with Gasteiger partial charge in [-0.15, -0.1) is 0 Å². The van der Waals surface area contributed by atoms with E-state index in [2.05, 4.69) is 13.8 Å². The van der Waals surface area contributed by atoms with E-state index >= 15 is 0 Å². The zero-order valence-electron chi connectivity index (χ0n) is 15.3. The minimum atomic E-state index is -0.313. The molecule has 2 atom stereocenters. The molecule has 0 amide bonds. The maximum absolute atomic E-state index is 9.06. The van der Waals surface area contributed by atoms with Crippen molar-refractivity contribution in [2.24, 2.45) is 11.5 Å². The first-order valence-corrected chi connectivity index (χ1v) is 9.25. The lowest BCUT2D eigenvalue weighted by Crippen LogP contribution is -2.42. The van der Waals surface area contributed by atoms with E-state index in [1.807, 2.05) is 6.92 Å². The third-order valence-electron chi connectivity index (χ3n) is 4.21. The summed E-state index contributed by atoms with van der Waals surface area (Å²) >= 11 is 0. The number of nitrogens with two attached hydrogens (primary N) is 2. The van der Waals surface area contributed by atoms with E-state index in [1.165, 1.54) is 38.5 Å². The molecule has 0 radical (unpaired) electrons. The fraction of sp³-hybridized carbons (Fsp3) is 1.00. The molecule has 0 saturated carbocycles. The predicted molar refractivity (Wildman–Crippen MR) is 96.9 cm³/mol. The topological polar surface area (TPSA) is 92.5 Å². The molecular weight excluding hydrogens is 276 g/mol. The van der Waals surface area contributed by atoms with Gasteiger partial charge in [0.15, 0.2) is 0 Å². The Hall–Kier alpha value is -0.160. The summed E-state index contributed by atoms with van der Waals surface area (Å²) in [7, 11) is 0. The minimum absolute atomic E-state index is 0.0107. The second-order valence-electron chi connectivity index (χ2n) is 6.48. The first kappa shape index (κ1) is 24.1. The molecule has 0 bridgehead atoms. The van der Waals surface area contributed by atoms with Crippen molar-refractivity contribution in [3.05, 3.63) is 0 Å². The Morgan fingerprint density at radius 2 is 1.41 bits per heavy atom. The van der Waals surface area contributed by atoms with Gasteiger partial charge in [-0.2, -0.15) is 0 Å². The SMILES string of the molecule is CCCCCC(N)CO.CCCCCCCC(N)(CC)CO. The second-order valence-corrected chi connectivity index (χ2v) is 6.48. The smallest absolute Gasteiger partial charge is 0.0611 e. The molecule has 0 spiro atoms. The van der Waals surface area contributed by atoms with Gasteiger partial charge in [0, 0.05) is 11.6 Å². The highest BCUT2D eigenvalue weighted by molar-refractivity contribution is 4.81. The van der Waals surface area contributed by atoms with E-state index in [-0.39, 0.29) is 24.8 Å². The van der Waals surface area contributed by atoms with Crippen LogP contribution < -0.4 is 11.5 Å². The van der Waals surface area contributed by atoms with Gasteiger partial charge in [0.25, 0.3) is 0 Å². The van der Waals surface area contributed by atoms with Gasteiger partial charge in [0.05, 0.1) is 13.2 Å². The molecule has 0 aromatic rings. The number of hydrogen-bond acceptors (Lipinski definition) is 4. The Labute approximate surface area is 138 Å². The van der Waals surface area contributed by atoms with Crippen LogP contribution in [0.25, 0.3) is 0 Å². The summed E-state index contributed by atoms with van der Waals surface area (Å²) in [5, 5.41) is 17.6. The monoisotopic (exact) mass is 318 g/mol. The van der Waals surface area contributed by atoms with Crippen LogP contribution in [0.4, 0.5) is 0 Å². The summed E-state index contributed by atoms with van der Waals surface area (Å²) in [5.74, 6) is 0. The fourth-order valence-corrected chi connectivity index (χ4v) is 2.20. The number of aliphatic hydroxyl groups is 2. The molecule has 0 aromatic heterocycles. The van der Waals surface area contributed by atoms with E-state index in [0.717, 1.165) is 32.1 Å². The van der Waals surface area contributed by atoms with Crippen molar-refractivity contribution in [2.45, 2.75) is 103 Å². The first-order chi connectivity index (χ1) is 10.5. The van der Waals surface area contributed by atoms with Crippen LogP contribution >= 0.6 is 0 Å². The molecule has 136 valence electrons. The van der Waals surface area contributed by atoms with Crippen LogP contribution in [0.5, 0.6) is 0 Å². The Balaban J connectivity index is 0. The summed E-state index contributed by atoms with van der Waals surface area (Å²) < 4.78 is 0. The van der Waals surface area contributed by atoms with Crippen molar-refractivity contribution in [1.82, 2.24) is 0 Å². The largest absolute Gasteiger partial charge is 0.395 e. The lowest BCUT2D eigenvalue weighted by Gasteiger charge is -2.25. The third kappa shape index (κ3) is 16.2. The van der Waals surface area contributed by atoms with Crippen molar-refractivity contribution < 1.29 is 10.2 Å². The van der Waals surface area contributed by atoms with Gasteiger partial charge < -0.3 is 21.7 Å². The number of rotatable bonds is 13. The molecule has 0 heterocycles. The quantitative estimate of drug-likeness (QED) is 0.392. The summed E-state index contributed by atoms with van der Waals surface area (Å²) in [6.07, 6.45) is 12.7. The van der Waals surface area contributed by atoms with Gasteiger partial charge in [0.1, 0.15) is 0 Å². The first-order valence-electron chi connectivity index (χ1n) is 9.25. The van der Waals surface area contributed by atoms with Crippen molar-refractivity contribution in [1.29, 1.82) is 0 Å². The van der Waals surface area contributed by atoms with Crippen molar-refractivity contribution in [2.75, 3.05) is 13.2 Å². The van der Waals surface area contributed by atoms with Gasteiger partial charge in [-0.05, 0) is 19.3 Å². The summed E-state index contributed by atoms with van der Waals surface area (Å²) in [4.78, 5) is 0. The van der Waals surface area contributed by atoms with Crippen molar-refractivity contribution in [3.63, 3.8) is 0 Å². The molecule has 0 aromatic carbocycles. The number of hydrogen-bond donors (Lipinski definition) is 4. The van der Waals surface area contributed by atoms with Gasteiger partial charge in [-0.25, -0.2) is 0 Å². The van der Waals surface area contributed by atoms with E-state index in [1.54, 1.807) is 0 Å². The summed E-state index contributed by atoms with van der Waals surface area (Å²) in [5.41, 5.74) is 11.1. The molecule has 0 aliphatic rings. The number of aliphatic hydroxyl groups excluding tert-OH is 2. The molecule has 6 N–H and O–H groups in total. The maximum Gasteiger partial charge on any atom is 0.0611 e. The predicted octanol–water partition coefficient (Wildman–Crippen LogP) is 3.33. The Bertz CT molecular complexity index is 209. The highest BCUT2D eigenvalue weighted by Gasteiger charge is 2.20. The average Bonchev–Trinajstić information content (AvgIpc) is 2.55. The average molecular weight is 319 g/mol. The third-order valence-corrected chi connectivity index (χ3v) is 4.21. The van der Waals surface area contributed by atoms with E-state index in [9.17, 15) is 0 Å². The molecule has 0 saturated heterocycles. The Kier molecular flexibility index (Phi) is 18.8. The zero-order valence-corrected chi connectivity index (χ0v) is 15.3. The van der Waals surface area contributed by atoms with Gasteiger partial charge in [0.2, 0.25) is 0 Å². The molecule has 2 unspecified atom stereocenters.